The molecule has 0 atom stereocenters. The van der Waals surface area contributed by atoms with Crippen LogP contribution in [0.15, 0.2) is 11.4 Å². The lowest BCUT2D eigenvalue weighted by molar-refractivity contribution is 0.0697. The summed E-state index contributed by atoms with van der Waals surface area (Å²) in [4.78, 5) is 20.1. The molecule has 0 aliphatic heterocycles. The van der Waals surface area contributed by atoms with Crippen LogP contribution in [0.2, 0.25) is 0 Å². The maximum atomic E-state index is 11.4. The molecule has 2 rings (SSSR count). The van der Waals surface area contributed by atoms with E-state index in [1.807, 2.05) is 12.3 Å². The van der Waals surface area contributed by atoms with E-state index in [-0.39, 0.29) is 5.56 Å². The normalized spacial score (nSPS) is 10.8. The molecule has 2 aromatic rings. The number of aromatic nitrogens is 2. The number of aromatic carboxylic acids is 1. The number of carboxylic acids is 1. The zero-order valence-electron chi connectivity index (χ0n) is 11.9. The van der Waals surface area contributed by atoms with E-state index in [0.717, 1.165) is 11.4 Å². The van der Waals surface area contributed by atoms with Gasteiger partial charge in [0.25, 0.3) is 0 Å². The Hall–Kier alpha value is -1.95. The van der Waals surface area contributed by atoms with Gasteiger partial charge in [0, 0.05) is 11.1 Å². The summed E-state index contributed by atoms with van der Waals surface area (Å²) in [5, 5.41) is 15.0. The first-order chi connectivity index (χ1) is 9.38. The first-order valence-electron chi connectivity index (χ1n) is 6.32. The van der Waals surface area contributed by atoms with Gasteiger partial charge in [-0.2, -0.15) is 0 Å². The Morgan fingerprint density at radius 2 is 2.05 bits per heavy atom. The summed E-state index contributed by atoms with van der Waals surface area (Å²) in [6.45, 7) is 7.74. The fourth-order valence-electron chi connectivity index (χ4n) is 1.91. The summed E-state index contributed by atoms with van der Waals surface area (Å²) < 4.78 is 0. The molecule has 0 amide bonds. The van der Waals surface area contributed by atoms with Gasteiger partial charge >= 0.3 is 5.97 Å². The number of carboxylic acid groups (broad SMARTS) is 1. The highest BCUT2D eigenvalue weighted by Crippen LogP contribution is 2.27. The molecule has 2 heterocycles. The Balaban J connectivity index is 2.39. The number of thiazole rings is 1. The van der Waals surface area contributed by atoms with Crippen molar-refractivity contribution in [1.82, 2.24) is 9.97 Å². The van der Waals surface area contributed by atoms with Crippen LogP contribution in [-0.4, -0.2) is 21.0 Å². The van der Waals surface area contributed by atoms with E-state index >= 15 is 0 Å². The average molecular weight is 291 g/mol. The summed E-state index contributed by atoms with van der Waals surface area (Å²) in [5.41, 5.74) is 2.64. The third-order valence-corrected chi connectivity index (χ3v) is 3.67. The summed E-state index contributed by atoms with van der Waals surface area (Å²) in [6, 6.07) is 1.76. The lowest BCUT2D eigenvalue weighted by Gasteiger charge is -2.10. The summed E-state index contributed by atoms with van der Waals surface area (Å²) in [5.74, 6) is -0.300. The van der Waals surface area contributed by atoms with E-state index in [9.17, 15) is 9.90 Å². The zero-order valence-corrected chi connectivity index (χ0v) is 12.7. The summed E-state index contributed by atoms with van der Waals surface area (Å²) in [6.07, 6.45) is 0. The van der Waals surface area contributed by atoms with Crippen LogP contribution in [0.4, 0.5) is 10.9 Å². The predicted molar refractivity (Wildman–Crippen MR) is 80.2 cm³/mol. The van der Waals surface area contributed by atoms with Gasteiger partial charge in [-0.25, -0.2) is 14.8 Å². The number of hydrogen-bond acceptors (Lipinski definition) is 5. The van der Waals surface area contributed by atoms with E-state index < -0.39 is 5.97 Å². The van der Waals surface area contributed by atoms with Gasteiger partial charge in [-0.15, -0.1) is 11.3 Å². The Labute approximate surface area is 121 Å². The van der Waals surface area contributed by atoms with E-state index in [1.54, 1.807) is 13.0 Å². The number of carbonyl (C=O) groups is 1. The minimum absolute atomic E-state index is 0.192. The Bertz CT molecular complexity index is 650. The fourth-order valence-corrected chi connectivity index (χ4v) is 2.78. The molecule has 0 spiro atoms. The number of rotatable bonds is 4. The average Bonchev–Trinajstić information content (AvgIpc) is 2.75. The van der Waals surface area contributed by atoms with Gasteiger partial charge in [-0.3, -0.25) is 0 Å². The second kappa shape index (κ2) is 5.58. The molecule has 2 N–H and O–H groups in total. The lowest BCUT2D eigenvalue weighted by Crippen LogP contribution is -2.08. The van der Waals surface area contributed by atoms with Crippen LogP contribution in [-0.2, 0) is 0 Å². The molecule has 0 fully saturated rings. The second-order valence-electron chi connectivity index (χ2n) is 4.97. The van der Waals surface area contributed by atoms with Crippen LogP contribution in [0.1, 0.15) is 47.1 Å². The van der Waals surface area contributed by atoms with Gasteiger partial charge in [0.15, 0.2) is 5.13 Å². The fraction of sp³-hybridized carbons (Fsp3) is 0.357. The molecule has 0 bridgehead atoms. The highest BCUT2D eigenvalue weighted by molar-refractivity contribution is 7.13. The molecular weight excluding hydrogens is 274 g/mol. The van der Waals surface area contributed by atoms with Gasteiger partial charge in [0.2, 0.25) is 0 Å². The standard InChI is InChI=1S/C14H17N3O2S/c1-7(2)10-6-20-14(16-10)17-12-11(13(18)19)8(3)5-9(4)15-12/h5-7H,1-4H3,(H,18,19)(H,15,16,17). The molecular formula is C14H17N3O2S. The molecule has 106 valence electrons. The van der Waals surface area contributed by atoms with Gasteiger partial charge in [0.1, 0.15) is 11.4 Å². The largest absolute Gasteiger partial charge is 0.478 e. The Morgan fingerprint density at radius 1 is 1.35 bits per heavy atom. The van der Waals surface area contributed by atoms with Crippen molar-refractivity contribution in [3.8, 4) is 0 Å². The minimum Gasteiger partial charge on any atom is -0.478 e. The Kier molecular flexibility index (Phi) is 4.04. The lowest BCUT2D eigenvalue weighted by atomic mass is 10.1. The van der Waals surface area contributed by atoms with Crippen molar-refractivity contribution in [2.45, 2.75) is 33.6 Å². The van der Waals surface area contributed by atoms with Gasteiger partial charge in [-0.1, -0.05) is 13.8 Å². The van der Waals surface area contributed by atoms with Crippen molar-refractivity contribution >= 4 is 28.3 Å². The van der Waals surface area contributed by atoms with Crippen LogP contribution in [0, 0.1) is 13.8 Å². The summed E-state index contributed by atoms with van der Waals surface area (Å²) in [7, 11) is 0. The van der Waals surface area contributed by atoms with Crippen molar-refractivity contribution in [3.63, 3.8) is 0 Å². The molecule has 0 aliphatic carbocycles. The van der Waals surface area contributed by atoms with E-state index in [4.69, 9.17) is 0 Å². The molecule has 0 saturated carbocycles. The molecule has 0 aliphatic rings. The smallest absolute Gasteiger partial charge is 0.339 e. The van der Waals surface area contributed by atoms with Gasteiger partial charge in [-0.05, 0) is 31.4 Å². The van der Waals surface area contributed by atoms with E-state index in [2.05, 4.69) is 29.1 Å². The third kappa shape index (κ3) is 2.96. The molecule has 0 unspecified atom stereocenters. The van der Waals surface area contributed by atoms with Crippen molar-refractivity contribution in [3.05, 3.63) is 34.0 Å². The van der Waals surface area contributed by atoms with Gasteiger partial charge in [0.05, 0.1) is 5.69 Å². The quantitative estimate of drug-likeness (QED) is 0.898. The van der Waals surface area contributed by atoms with Crippen molar-refractivity contribution in [1.29, 1.82) is 0 Å². The Morgan fingerprint density at radius 3 is 2.60 bits per heavy atom. The van der Waals surface area contributed by atoms with Crippen LogP contribution < -0.4 is 5.32 Å². The van der Waals surface area contributed by atoms with Gasteiger partial charge < -0.3 is 10.4 Å². The van der Waals surface area contributed by atoms with Crippen molar-refractivity contribution in [2.24, 2.45) is 0 Å². The molecule has 5 nitrogen and oxygen atoms in total. The third-order valence-electron chi connectivity index (χ3n) is 2.90. The molecule has 0 aromatic carbocycles. The maximum absolute atomic E-state index is 11.4. The topological polar surface area (TPSA) is 75.1 Å². The summed E-state index contributed by atoms with van der Waals surface area (Å²) >= 11 is 1.45. The number of aryl methyl sites for hydroxylation is 2. The second-order valence-corrected chi connectivity index (χ2v) is 5.82. The number of hydrogen-bond donors (Lipinski definition) is 2. The first-order valence-corrected chi connectivity index (χ1v) is 7.20. The zero-order chi connectivity index (χ0) is 14.9. The number of pyridine rings is 1. The predicted octanol–water partition coefficient (Wildman–Crippen LogP) is 3.72. The monoisotopic (exact) mass is 291 g/mol. The molecule has 0 saturated heterocycles. The van der Waals surface area contributed by atoms with Crippen LogP contribution >= 0.6 is 11.3 Å². The van der Waals surface area contributed by atoms with Crippen LogP contribution in [0.5, 0.6) is 0 Å². The van der Waals surface area contributed by atoms with E-state index in [1.165, 1.54) is 11.3 Å². The SMILES string of the molecule is Cc1cc(C)c(C(=O)O)c(Nc2nc(C(C)C)cs2)n1. The minimum atomic E-state index is -0.988. The maximum Gasteiger partial charge on any atom is 0.339 e. The molecule has 6 heteroatoms. The van der Waals surface area contributed by atoms with Crippen molar-refractivity contribution < 1.29 is 9.90 Å². The van der Waals surface area contributed by atoms with Crippen molar-refractivity contribution in [2.75, 3.05) is 5.32 Å². The van der Waals surface area contributed by atoms with Crippen LogP contribution in [0.3, 0.4) is 0 Å². The highest BCUT2D eigenvalue weighted by Gasteiger charge is 2.17. The van der Waals surface area contributed by atoms with Crippen LogP contribution in [0.25, 0.3) is 0 Å². The number of anilines is 2. The molecule has 20 heavy (non-hydrogen) atoms. The molecule has 0 radical (unpaired) electrons. The number of nitrogens with zero attached hydrogens (tertiary/aromatic N) is 2. The first kappa shape index (κ1) is 14.5. The van der Waals surface area contributed by atoms with E-state index in [0.29, 0.717) is 22.4 Å². The molecule has 2 aromatic heterocycles. The number of nitrogens with one attached hydrogen (secondary N) is 1. The highest BCUT2D eigenvalue weighted by atomic mass is 32.1.